The normalized spacial score (nSPS) is 15.6. The van der Waals surface area contributed by atoms with E-state index in [4.69, 9.17) is 0 Å². The minimum atomic E-state index is -1.41. The van der Waals surface area contributed by atoms with E-state index >= 15 is 0 Å². The number of aliphatic carboxylic acids is 2. The van der Waals surface area contributed by atoms with Gasteiger partial charge in [-0.1, -0.05) is 167 Å². The van der Waals surface area contributed by atoms with Crippen LogP contribution in [0, 0.1) is 22.7 Å². The van der Waals surface area contributed by atoms with Crippen LogP contribution in [0.1, 0.15) is 122 Å². The van der Waals surface area contributed by atoms with Crippen LogP contribution < -0.4 is 31.9 Å². The molecule has 4 rings (SSSR count). The molecule has 486 valence electrons. The first-order chi connectivity index (χ1) is 40.7. The minimum Gasteiger partial charge on any atom is -0.480 e. The Morgan fingerprint density at radius 2 is 0.955 bits per heavy atom. The number of carbonyl (C=O) groups excluding carboxylic acids is 6. The van der Waals surface area contributed by atoms with Crippen molar-refractivity contribution in [2.75, 3.05) is 39.7 Å². The average molecular weight is 1260 g/mol. The van der Waals surface area contributed by atoms with Crippen molar-refractivity contribution >= 4 is 90.8 Å². The first-order valence-electron chi connectivity index (χ1n) is 29.9. The van der Waals surface area contributed by atoms with E-state index in [1.807, 2.05) is 170 Å². The van der Waals surface area contributed by atoms with Crippen molar-refractivity contribution in [2.45, 2.75) is 170 Å². The Morgan fingerprint density at radius 3 is 1.33 bits per heavy atom. The molecular formula is C66H100N10O10S2. The molecule has 20 nitrogen and oxygen atoms in total. The number of nitrogens with zero attached hydrogens (tertiary/aromatic N) is 4. The molecule has 0 aliphatic heterocycles. The molecular weight excluding hydrogens is 1160 g/mol. The van der Waals surface area contributed by atoms with E-state index in [2.05, 4.69) is 42.5 Å². The summed E-state index contributed by atoms with van der Waals surface area (Å²) in [6.07, 6.45) is 5.24. The van der Waals surface area contributed by atoms with Gasteiger partial charge in [-0.25, -0.2) is 9.59 Å². The largest absolute Gasteiger partial charge is 0.480 e. The number of carboxylic acids is 2. The summed E-state index contributed by atoms with van der Waals surface area (Å²) in [6.45, 7) is 29.7. The molecule has 0 bridgehead atoms. The van der Waals surface area contributed by atoms with Crippen LogP contribution >= 0.6 is 21.6 Å². The van der Waals surface area contributed by atoms with Crippen LogP contribution in [0.3, 0.4) is 0 Å². The van der Waals surface area contributed by atoms with Gasteiger partial charge in [0.05, 0.1) is 24.2 Å². The molecule has 8 atom stereocenters. The highest BCUT2D eigenvalue weighted by Gasteiger charge is 2.45. The monoisotopic (exact) mass is 1260 g/mol. The molecule has 2 heterocycles. The highest BCUT2D eigenvalue weighted by Crippen LogP contribution is 2.36. The van der Waals surface area contributed by atoms with Crippen molar-refractivity contribution in [1.29, 1.82) is 0 Å². The zero-order chi connectivity index (χ0) is 66.9. The lowest BCUT2D eigenvalue weighted by Gasteiger charge is -2.40. The summed E-state index contributed by atoms with van der Waals surface area (Å²) in [5, 5.41) is 40.1. The van der Waals surface area contributed by atoms with Gasteiger partial charge in [-0.2, -0.15) is 0 Å². The average Bonchev–Trinajstić information content (AvgIpc) is 2.72. The Morgan fingerprint density at radius 1 is 0.568 bits per heavy atom. The number of rotatable bonds is 29. The van der Waals surface area contributed by atoms with Gasteiger partial charge in [-0.3, -0.25) is 28.8 Å². The number of benzene rings is 2. The van der Waals surface area contributed by atoms with E-state index < -0.39 is 93.7 Å². The van der Waals surface area contributed by atoms with E-state index in [9.17, 15) is 48.6 Å². The molecule has 4 aromatic rings. The van der Waals surface area contributed by atoms with Crippen LogP contribution in [0.2, 0.25) is 0 Å². The number of fused-ring (bicyclic) bond motifs is 2. The van der Waals surface area contributed by atoms with Crippen LogP contribution in [0.25, 0.3) is 21.8 Å². The Balaban J connectivity index is 1.41. The topological polar surface area (TPSA) is 266 Å². The molecule has 0 saturated carbocycles. The first kappa shape index (κ1) is 73.8. The smallest absolute Gasteiger partial charge is 0.327 e. The number of amides is 6. The fourth-order valence-electron chi connectivity index (χ4n) is 11.4. The SMILES string of the molecule is CN[C@H](C(=O)N[C@H](C(=O)N(C)[C@H](/C=C(\C)C(=O)N[C@@H](CSSCC(NC(=O)/C(C)=C/[C@H](C(C)C)N(C)C(=O)[C@@H](NC(=O)[C@@H](NC)C(C)(C)c1cc2ccccc2n1C)C(C)(C)C)C(=O)O)C(=O)O)C(C)C)C(C)(C)C)C(C)(C)c1cn(C)c2ccccc12. The molecule has 0 fully saturated rings. The van der Waals surface area contributed by atoms with E-state index in [0.717, 1.165) is 54.7 Å². The van der Waals surface area contributed by atoms with Crippen LogP contribution in [0.5, 0.6) is 0 Å². The maximum atomic E-state index is 14.6. The Bertz CT molecular complexity index is 3240. The standard InChI is InChI=1S/C66H100N10O10S2/c1-37(2)48(75(21)59(81)53(63(7,8)9)71-57(79)51(67-17)65(13,14)43-34-73(19)47-30-26-24-28-42(43)47)31-39(5)55(77)69-44(61(83)84)35-87-88-36-45(62(85)86)70-56(78)40(6)32-49(38(3)4)76(22)60(82)54(64(10,11)12)72-58(80)52(68-18)66(15,16)50-33-41-27-23-25-29-46(41)74(50)20/h23-34,37-38,44-45,48-49,51-54,67-68H,35-36H2,1-22H3,(H,69,77)(H,70,78)(H,71,79)(H,72,80)(H,83,84)(H,85,86)/b39-31+,40-32+/t44-,45?,48+,49+,51+,52+,53+,54+/m0/s1. The van der Waals surface area contributed by atoms with E-state index in [-0.39, 0.29) is 58.1 Å². The van der Waals surface area contributed by atoms with Gasteiger partial charge in [0.1, 0.15) is 24.2 Å². The second kappa shape index (κ2) is 30.3. The lowest BCUT2D eigenvalue weighted by molar-refractivity contribution is -0.141. The third kappa shape index (κ3) is 17.6. The summed E-state index contributed by atoms with van der Waals surface area (Å²) in [7, 11) is 12.6. The van der Waals surface area contributed by atoms with E-state index in [1.165, 1.54) is 23.6 Å². The van der Waals surface area contributed by atoms with Gasteiger partial charge in [0.15, 0.2) is 0 Å². The summed E-state index contributed by atoms with van der Waals surface area (Å²) in [6, 6.07) is 10.5. The lowest BCUT2D eigenvalue weighted by atomic mass is 9.76. The van der Waals surface area contributed by atoms with Crippen molar-refractivity contribution in [1.82, 2.24) is 50.8 Å². The highest BCUT2D eigenvalue weighted by atomic mass is 33.1. The first-order valence-corrected chi connectivity index (χ1v) is 32.4. The molecule has 0 radical (unpaired) electrons. The Kier molecular flexibility index (Phi) is 25.4. The van der Waals surface area contributed by atoms with Crippen molar-refractivity contribution in [3.8, 4) is 0 Å². The predicted octanol–water partition coefficient (Wildman–Crippen LogP) is 7.54. The second-order valence-corrected chi connectivity index (χ2v) is 29.7. The van der Waals surface area contributed by atoms with Gasteiger partial charge in [0.2, 0.25) is 35.4 Å². The van der Waals surface area contributed by atoms with Gasteiger partial charge in [0.25, 0.3) is 0 Å². The van der Waals surface area contributed by atoms with Crippen molar-refractivity contribution in [3.05, 3.63) is 95.3 Å². The van der Waals surface area contributed by atoms with Crippen molar-refractivity contribution < 1.29 is 48.6 Å². The van der Waals surface area contributed by atoms with Crippen LogP contribution in [-0.2, 0) is 63.3 Å². The number of carboxylic acid groups (broad SMARTS) is 2. The minimum absolute atomic E-state index is 0.147. The van der Waals surface area contributed by atoms with Gasteiger partial charge >= 0.3 is 11.9 Å². The van der Waals surface area contributed by atoms with Gasteiger partial charge in [-0.15, -0.1) is 0 Å². The third-order valence-corrected chi connectivity index (χ3v) is 19.2. The molecule has 2 aromatic heterocycles. The molecule has 0 aliphatic carbocycles. The summed E-state index contributed by atoms with van der Waals surface area (Å²) >= 11 is 0. The summed E-state index contributed by atoms with van der Waals surface area (Å²) < 4.78 is 4.10. The third-order valence-electron chi connectivity index (χ3n) is 16.8. The second-order valence-electron chi connectivity index (χ2n) is 27.2. The quantitative estimate of drug-likeness (QED) is 0.0148. The van der Waals surface area contributed by atoms with Crippen molar-refractivity contribution in [2.24, 2.45) is 36.8 Å². The van der Waals surface area contributed by atoms with Gasteiger partial charge in [0, 0.05) is 90.0 Å². The van der Waals surface area contributed by atoms with Gasteiger partial charge in [-0.05, 0) is 79.8 Å². The number of hydrogen-bond acceptors (Lipinski definition) is 12. The zero-order valence-electron chi connectivity index (χ0n) is 55.9. The van der Waals surface area contributed by atoms with E-state index in [1.54, 1.807) is 40.3 Å². The fourth-order valence-corrected chi connectivity index (χ4v) is 13.8. The Labute approximate surface area is 529 Å². The molecule has 8 N–H and O–H groups in total. The highest BCUT2D eigenvalue weighted by molar-refractivity contribution is 8.76. The molecule has 1 unspecified atom stereocenters. The zero-order valence-corrected chi connectivity index (χ0v) is 57.5. The molecule has 0 spiro atoms. The number of aryl methyl sites for hydroxylation is 2. The van der Waals surface area contributed by atoms with Crippen LogP contribution in [-0.4, -0.2) is 165 Å². The molecule has 22 heteroatoms. The Hall–Kier alpha value is -6.62. The number of likely N-dealkylation sites (N-methyl/N-ethyl adjacent to an activating group) is 4. The van der Waals surface area contributed by atoms with Gasteiger partial charge < -0.3 is 61.0 Å². The number of carbonyl (C=O) groups is 8. The maximum Gasteiger partial charge on any atom is 0.327 e. The predicted molar refractivity (Wildman–Crippen MR) is 355 cm³/mol. The number of hydrogen-bond donors (Lipinski definition) is 8. The van der Waals surface area contributed by atoms with Crippen molar-refractivity contribution in [3.63, 3.8) is 0 Å². The molecule has 0 aliphatic rings. The van der Waals surface area contributed by atoms with Crippen LogP contribution in [0.4, 0.5) is 0 Å². The number of para-hydroxylation sites is 2. The number of nitrogens with one attached hydrogen (secondary N) is 6. The molecule has 0 saturated heterocycles. The summed E-state index contributed by atoms with van der Waals surface area (Å²) in [5.74, 6) is -6.35. The lowest BCUT2D eigenvalue weighted by Crippen LogP contribution is -2.61. The summed E-state index contributed by atoms with van der Waals surface area (Å²) in [5.41, 5.74) is 1.31. The van der Waals surface area contributed by atoms with Crippen LogP contribution in [0.15, 0.2) is 84.1 Å². The molecule has 6 amide bonds. The molecule has 2 aromatic carbocycles. The maximum absolute atomic E-state index is 14.6. The number of aromatic nitrogens is 2. The molecule has 88 heavy (non-hydrogen) atoms. The summed E-state index contributed by atoms with van der Waals surface area (Å²) in [4.78, 5) is 113. The van der Waals surface area contributed by atoms with E-state index in [0.29, 0.717) is 0 Å². The fraction of sp³-hybridized carbons (Fsp3) is 0.576.